The van der Waals surface area contributed by atoms with E-state index in [1.165, 1.54) is 22.1 Å². The van der Waals surface area contributed by atoms with Gasteiger partial charge in [-0.2, -0.15) is 0 Å². The molecule has 0 fully saturated rings. The van der Waals surface area contributed by atoms with Gasteiger partial charge in [0.25, 0.3) is 0 Å². The molecule has 16 heavy (non-hydrogen) atoms. The summed E-state index contributed by atoms with van der Waals surface area (Å²) in [6.45, 7) is 2.19. The minimum Gasteiger partial charge on any atom is -0.218 e. The Hall–Kier alpha value is -0.910. The third kappa shape index (κ3) is 2.61. The van der Waals surface area contributed by atoms with E-state index in [0.717, 1.165) is 12.1 Å². The Morgan fingerprint density at radius 1 is 1.25 bits per heavy atom. The first kappa shape index (κ1) is 11.6. The van der Waals surface area contributed by atoms with Crippen LogP contribution < -0.4 is 0 Å². The summed E-state index contributed by atoms with van der Waals surface area (Å²) in [5.41, 5.74) is 2.27. The summed E-state index contributed by atoms with van der Waals surface area (Å²) in [6, 6.07) is 8.32. The summed E-state index contributed by atoms with van der Waals surface area (Å²) in [7, 11) is 0. The molecule has 0 atom stereocenters. The molecule has 1 heterocycles. The molecule has 2 aromatic rings. The SMILES string of the molecule is CCCCc1cnnn1-c1ccc(I)cc1. The van der Waals surface area contributed by atoms with E-state index < -0.39 is 0 Å². The van der Waals surface area contributed by atoms with Crippen LogP contribution in [0.2, 0.25) is 0 Å². The van der Waals surface area contributed by atoms with Gasteiger partial charge in [-0.1, -0.05) is 18.6 Å². The van der Waals surface area contributed by atoms with Crippen molar-refractivity contribution in [2.24, 2.45) is 0 Å². The Morgan fingerprint density at radius 2 is 2.00 bits per heavy atom. The molecule has 0 radical (unpaired) electrons. The normalized spacial score (nSPS) is 10.6. The highest BCUT2D eigenvalue weighted by molar-refractivity contribution is 14.1. The van der Waals surface area contributed by atoms with Crippen LogP contribution in [0.15, 0.2) is 30.5 Å². The number of hydrogen-bond acceptors (Lipinski definition) is 2. The molecule has 2 rings (SSSR count). The monoisotopic (exact) mass is 327 g/mol. The molecule has 0 amide bonds. The molecule has 1 aromatic carbocycles. The van der Waals surface area contributed by atoms with Crippen molar-refractivity contribution >= 4 is 22.6 Å². The Kier molecular flexibility index (Phi) is 3.93. The van der Waals surface area contributed by atoms with E-state index in [-0.39, 0.29) is 0 Å². The number of aromatic nitrogens is 3. The quantitative estimate of drug-likeness (QED) is 0.808. The molecule has 0 saturated carbocycles. The molecule has 0 unspecified atom stereocenters. The molecule has 3 nitrogen and oxygen atoms in total. The predicted octanol–water partition coefficient (Wildman–Crippen LogP) is 3.21. The van der Waals surface area contributed by atoms with Gasteiger partial charge in [0.05, 0.1) is 17.6 Å². The van der Waals surface area contributed by atoms with Crippen molar-refractivity contribution in [1.82, 2.24) is 15.0 Å². The van der Waals surface area contributed by atoms with Gasteiger partial charge in [0, 0.05) is 3.57 Å². The lowest BCUT2D eigenvalue weighted by Crippen LogP contribution is -2.02. The van der Waals surface area contributed by atoms with Crippen molar-refractivity contribution in [2.45, 2.75) is 26.2 Å². The van der Waals surface area contributed by atoms with Gasteiger partial charge in [0.15, 0.2) is 0 Å². The highest BCUT2D eigenvalue weighted by atomic mass is 127. The minimum atomic E-state index is 1.04. The van der Waals surface area contributed by atoms with Crippen LogP contribution in [0, 0.1) is 3.57 Å². The van der Waals surface area contributed by atoms with E-state index in [2.05, 4.69) is 64.1 Å². The number of nitrogens with zero attached hydrogens (tertiary/aromatic N) is 3. The van der Waals surface area contributed by atoms with Crippen LogP contribution in [0.5, 0.6) is 0 Å². The molecule has 0 bridgehead atoms. The van der Waals surface area contributed by atoms with E-state index in [9.17, 15) is 0 Å². The third-order valence-electron chi connectivity index (χ3n) is 2.48. The number of rotatable bonds is 4. The van der Waals surface area contributed by atoms with Gasteiger partial charge in [-0.25, -0.2) is 4.68 Å². The van der Waals surface area contributed by atoms with E-state index in [4.69, 9.17) is 0 Å². The first-order valence-corrected chi connectivity index (χ1v) is 6.54. The predicted molar refractivity (Wildman–Crippen MR) is 72.7 cm³/mol. The highest BCUT2D eigenvalue weighted by Crippen LogP contribution is 2.13. The molecule has 84 valence electrons. The molecule has 0 aliphatic carbocycles. The molecule has 0 saturated heterocycles. The first-order valence-electron chi connectivity index (χ1n) is 5.47. The fourth-order valence-corrected chi connectivity index (χ4v) is 1.94. The number of halogens is 1. The summed E-state index contributed by atoms with van der Waals surface area (Å²) < 4.78 is 3.16. The topological polar surface area (TPSA) is 30.7 Å². The van der Waals surface area contributed by atoms with Crippen molar-refractivity contribution in [1.29, 1.82) is 0 Å². The molecule has 0 aliphatic rings. The van der Waals surface area contributed by atoms with Crippen LogP contribution in [-0.4, -0.2) is 15.0 Å². The zero-order valence-electron chi connectivity index (χ0n) is 9.23. The fraction of sp³-hybridized carbons (Fsp3) is 0.333. The van der Waals surface area contributed by atoms with Crippen LogP contribution in [-0.2, 0) is 6.42 Å². The fourth-order valence-electron chi connectivity index (χ4n) is 1.58. The van der Waals surface area contributed by atoms with Crippen molar-refractivity contribution in [3.8, 4) is 5.69 Å². The van der Waals surface area contributed by atoms with Gasteiger partial charge < -0.3 is 0 Å². The van der Waals surface area contributed by atoms with Gasteiger partial charge in [0.1, 0.15) is 0 Å². The van der Waals surface area contributed by atoms with Crippen LogP contribution in [0.1, 0.15) is 25.5 Å². The second-order valence-electron chi connectivity index (χ2n) is 3.72. The van der Waals surface area contributed by atoms with Gasteiger partial charge >= 0.3 is 0 Å². The number of aryl methyl sites for hydroxylation is 1. The Morgan fingerprint density at radius 3 is 2.69 bits per heavy atom. The zero-order valence-corrected chi connectivity index (χ0v) is 11.4. The van der Waals surface area contributed by atoms with Crippen molar-refractivity contribution < 1.29 is 0 Å². The Balaban J connectivity index is 2.26. The average molecular weight is 327 g/mol. The van der Waals surface area contributed by atoms with Gasteiger partial charge in [-0.05, 0) is 59.7 Å². The van der Waals surface area contributed by atoms with Crippen molar-refractivity contribution in [3.63, 3.8) is 0 Å². The molecule has 1 aromatic heterocycles. The second-order valence-corrected chi connectivity index (χ2v) is 4.96. The van der Waals surface area contributed by atoms with Gasteiger partial charge in [-0.15, -0.1) is 5.10 Å². The maximum atomic E-state index is 4.13. The van der Waals surface area contributed by atoms with Crippen LogP contribution >= 0.6 is 22.6 Å². The molecule has 4 heteroatoms. The van der Waals surface area contributed by atoms with E-state index in [1.807, 2.05) is 10.9 Å². The number of hydrogen-bond donors (Lipinski definition) is 0. The van der Waals surface area contributed by atoms with Crippen molar-refractivity contribution in [2.75, 3.05) is 0 Å². The summed E-state index contributed by atoms with van der Waals surface area (Å²) >= 11 is 2.30. The second kappa shape index (κ2) is 5.43. The van der Waals surface area contributed by atoms with Crippen molar-refractivity contribution in [3.05, 3.63) is 39.7 Å². The van der Waals surface area contributed by atoms with Crippen LogP contribution in [0.3, 0.4) is 0 Å². The Labute approximate surface area is 109 Å². The number of unbranched alkanes of at least 4 members (excludes halogenated alkanes) is 1. The highest BCUT2D eigenvalue weighted by Gasteiger charge is 2.05. The minimum absolute atomic E-state index is 1.04. The molecule has 0 aliphatic heterocycles. The van der Waals surface area contributed by atoms with Gasteiger partial charge in [-0.3, -0.25) is 0 Å². The summed E-state index contributed by atoms with van der Waals surface area (Å²) in [6.07, 6.45) is 5.26. The van der Waals surface area contributed by atoms with Crippen LogP contribution in [0.25, 0.3) is 5.69 Å². The average Bonchev–Trinajstić information content (AvgIpc) is 2.75. The zero-order chi connectivity index (χ0) is 11.4. The maximum Gasteiger partial charge on any atom is 0.0729 e. The summed E-state index contributed by atoms with van der Waals surface area (Å²) in [4.78, 5) is 0. The summed E-state index contributed by atoms with van der Waals surface area (Å²) in [5, 5.41) is 8.12. The third-order valence-corrected chi connectivity index (χ3v) is 3.20. The van der Waals surface area contributed by atoms with E-state index in [0.29, 0.717) is 0 Å². The first-order chi connectivity index (χ1) is 7.81. The largest absolute Gasteiger partial charge is 0.218 e. The Bertz CT molecular complexity index is 448. The lowest BCUT2D eigenvalue weighted by atomic mass is 10.2. The molecule has 0 N–H and O–H groups in total. The van der Waals surface area contributed by atoms with E-state index in [1.54, 1.807) is 0 Å². The lowest BCUT2D eigenvalue weighted by molar-refractivity contribution is 0.715. The molecular weight excluding hydrogens is 313 g/mol. The molecular formula is C12H14IN3. The lowest BCUT2D eigenvalue weighted by Gasteiger charge is -2.05. The maximum absolute atomic E-state index is 4.13. The van der Waals surface area contributed by atoms with E-state index >= 15 is 0 Å². The molecule has 0 spiro atoms. The smallest absolute Gasteiger partial charge is 0.0729 e. The standard InChI is InChI=1S/C12H14IN3/c1-2-3-4-12-9-14-15-16(12)11-7-5-10(13)6-8-11/h5-9H,2-4H2,1H3. The summed E-state index contributed by atoms with van der Waals surface area (Å²) in [5.74, 6) is 0. The van der Waals surface area contributed by atoms with Gasteiger partial charge in [0.2, 0.25) is 0 Å². The van der Waals surface area contributed by atoms with Crippen LogP contribution in [0.4, 0.5) is 0 Å². The number of benzene rings is 1.